The molecule has 0 saturated heterocycles. The summed E-state index contributed by atoms with van der Waals surface area (Å²) in [6, 6.07) is 8.05. The van der Waals surface area contributed by atoms with E-state index in [9.17, 15) is 23.3 Å². The second kappa shape index (κ2) is 10.2. The summed E-state index contributed by atoms with van der Waals surface area (Å²) < 4.78 is 35.9. The molecule has 0 aliphatic carbocycles. The minimum atomic E-state index is -3.99. The number of nitrogens with one attached hydrogen (secondary N) is 1. The fraction of sp³-hybridized carbons (Fsp3) is 0.222. The zero-order valence-corrected chi connectivity index (χ0v) is 18.3. The van der Waals surface area contributed by atoms with Gasteiger partial charge in [0.1, 0.15) is 5.75 Å². The lowest BCUT2D eigenvalue weighted by atomic mass is 10.2. The topological polar surface area (TPSA) is 140 Å². The summed E-state index contributed by atoms with van der Waals surface area (Å²) >= 11 is 5.97. The van der Waals surface area contributed by atoms with Crippen molar-refractivity contribution in [2.75, 3.05) is 27.8 Å². The van der Waals surface area contributed by atoms with E-state index >= 15 is 0 Å². The fourth-order valence-corrected chi connectivity index (χ4v) is 3.90. The Morgan fingerprint density at radius 3 is 2.45 bits per heavy atom. The zero-order valence-electron chi connectivity index (χ0n) is 16.7. The third-order valence-electron chi connectivity index (χ3n) is 4.00. The zero-order chi connectivity index (χ0) is 23.2. The molecule has 1 N–H and O–H groups in total. The quantitative estimate of drug-likeness (QED) is 0.336. The Morgan fingerprint density at radius 1 is 1.23 bits per heavy atom. The molecule has 0 aromatic heterocycles. The van der Waals surface area contributed by atoms with Crippen molar-refractivity contribution in [1.29, 1.82) is 0 Å². The number of sulfonamides is 1. The van der Waals surface area contributed by atoms with Gasteiger partial charge in [-0.3, -0.25) is 14.9 Å². The highest BCUT2D eigenvalue weighted by Crippen LogP contribution is 2.28. The van der Waals surface area contributed by atoms with Gasteiger partial charge in [0.15, 0.2) is 5.75 Å². The van der Waals surface area contributed by atoms with Crippen molar-refractivity contribution in [1.82, 2.24) is 9.73 Å². The number of hydrogen-bond acceptors (Lipinski definition) is 8. The smallest absolute Gasteiger partial charge is 0.311 e. The van der Waals surface area contributed by atoms with E-state index in [1.165, 1.54) is 63.9 Å². The number of carbonyl (C=O) groups excluding carboxylic acids is 1. The SMILES string of the molecule is COc1ccc(S(=O)(=O)N(C)CC(=O)NN=Cc2ccc(OC)c([N+](=O)[O-])c2)cc1Cl. The highest BCUT2D eigenvalue weighted by atomic mass is 35.5. The minimum absolute atomic E-state index is 0.0802. The van der Waals surface area contributed by atoms with Crippen LogP contribution in [0.4, 0.5) is 5.69 Å². The maximum absolute atomic E-state index is 12.6. The van der Waals surface area contributed by atoms with Gasteiger partial charge in [0.2, 0.25) is 10.0 Å². The first-order valence-electron chi connectivity index (χ1n) is 8.54. The van der Waals surface area contributed by atoms with Crippen LogP contribution in [0.5, 0.6) is 11.5 Å². The van der Waals surface area contributed by atoms with Crippen LogP contribution >= 0.6 is 11.6 Å². The van der Waals surface area contributed by atoms with Crippen molar-refractivity contribution in [3.8, 4) is 11.5 Å². The van der Waals surface area contributed by atoms with Crippen molar-refractivity contribution in [3.05, 3.63) is 57.1 Å². The predicted molar refractivity (Wildman–Crippen MR) is 113 cm³/mol. The highest BCUT2D eigenvalue weighted by molar-refractivity contribution is 7.89. The number of hydrazone groups is 1. The van der Waals surface area contributed by atoms with Crippen LogP contribution in [0.3, 0.4) is 0 Å². The number of hydrogen-bond donors (Lipinski definition) is 1. The molecule has 2 aromatic carbocycles. The molecule has 31 heavy (non-hydrogen) atoms. The fourth-order valence-electron chi connectivity index (χ4n) is 2.42. The molecule has 0 spiro atoms. The largest absolute Gasteiger partial charge is 0.495 e. The lowest BCUT2D eigenvalue weighted by Crippen LogP contribution is -2.36. The molecule has 2 aromatic rings. The molecule has 0 radical (unpaired) electrons. The van der Waals surface area contributed by atoms with Gasteiger partial charge < -0.3 is 9.47 Å². The number of amides is 1. The minimum Gasteiger partial charge on any atom is -0.495 e. The number of benzene rings is 2. The third-order valence-corrected chi connectivity index (χ3v) is 6.09. The first kappa shape index (κ1) is 24.1. The summed E-state index contributed by atoms with van der Waals surface area (Å²) in [5.74, 6) is -0.323. The van der Waals surface area contributed by atoms with Crippen LogP contribution in [0.2, 0.25) is 5.02 Å². The summed E-state index contributed by atoms with van der Waals surface area (Å²) in [6.45, 7) is -0.522. The van der Waals surface area contributed by atoms with E-state index in [0.717, 1.165) is 4.31 Å². The van der Waals surface area contributed by atoms with Gasteiger partial charge in [0, 0.05) is 18.7 Å². The van der Waals surface area contributed by atoms with Crippen LogP contribution < -0.4 is 14.9 Å². The second-order valence-corrected chi connectivity index (χ2v) is 8.49. The van der Waals surface area contributed by atoms with Crippen molar-refractivity contribution < 1.29 is 27.6 Å². The van der Waals surface area contributed by atoms with Crippen LogP contribution in [0.25, 0.3) is 0 Å². The Bertz CT molecular complexity index is 1120. The van der Waals surface area contributed by atoms with Gasteiger partial charge in [0.25, 0.3) is 5.91 Å². The summed E-state index contributed by atoms with van der Waals surface area (Å²) in [6.07, 6.45) is 1.18. The van der Waals surface area contributed by atoms with Gasteiger partial charge in [-0.05, 0) is 30.3 Å². The number of nitro groups is 1. The molecule has 0 saturated carbocycles. The Labute approximate surface area is 183 Å². The van der Waals surface area contributed by atoms with E-state index in [1.54, 1.807) is 0 Å². The Hall–Kier alpha value is -3.22. The highest BCUT2D eigenvalue weighted by Gasteiger charge is 2.24. The molecule has 0 fully saturated rings. The summed E-state index contributed by atoms with van der Waals surface area (Å²) in [5, 5.41) is 14.8. The third kappa shape index (κ3) is 5.90. The maximum Gasteiger partial charge on any atom is 0.311 e. The number of nitro benzene ring substituents is 1. The maximum atomic E-state index is 12.6. The first-order valence-corrected chi connectivity index (χ1v) is 10.4. The van der Waals surface area contributed by atoms with Crippen molar-refractivity contribution in [2.45, 2.75) is 4.90 Å². The van der Waals surface area contributed by atoms with E-state index in [-0.39, 0.29) is 21.4 Å². The number of carbonyl (C=O) groups is 1. The lowest BCUT2D eigenvalue weighted by Gasteiger charge is -2.16. The monoisotopic (exact) mass is 470 g/mol. The normalized spacial score (nSPS) is 11.5. The average Bonchev–Trinajstić information content (AvgIpc) is 2.73. The standard InChI is InChI=1S/C18H19ClN4O7S/c1-22(31(27,28)13-5-7-16(29-2)14(19)9-13)11-18(24)21-20-10-12-4-6-17(30-3)15(8-12)23(25)26/h4-10H,11H2,1-3H3,(H,21,24). The van der Waals surface area contributed by atoms with E-state index < -0.39 is 27.4 Å². The second-order valence-electron chi connectivity index (χ2n) is 6.04. The number of likely N-dealkylation sites (N-methyl/N-ethyl adjacent to an activating group) is 1. The van der Waals surface area contributed by atoms with E-state index in [0.29, 0.717) is 11.3 Å². The molecule has 0 aliphatic rings. The summed E-state index contributed by atoms with van der Waals surface area (Å²) in [5.41, 5.74) is 2.24. The molecule has 0 bridgehead atoms. The van der Waals surface area contributed by atoms with E-state index in [2.05, 4.69) is 10.5 Å². The van der Waals surface area contributed by atoms with Crippen LogP contribution in [-0.4, -0.2) is 57.6 Å². The summed E-state index contributed by atoms with van der Waals surface area (Å²) in [7, 11) is -0.0584. The van der Waals surface area contributed by atoms with Gasteiger partial charge in [-0.15, -0.1) is 0 Å². The molecule has 0 atom stereocenters. The van der Waals surface area contributed by atoms with Gasteiger partial charge in [-0.25, -0.2) is 13.8 Å². The number of ether oxygens (including phenoxy) is 2. The molecule has 1 amide bonds. The molecule has 2 rings (SSSR count). The van der Waals surface area contributed by atoms with Gasteiger partial charge in [0.05, 0.1) is 41.8 Å². The Kier molecular flexibility index (Phi) is 7.91. The molecule has 0 aliphatic heterocycles. The summed E-state index contributed by atoms with van der Waals surface area (Å²) in [4.78, 5) is 22.4. The van der Waals surface area contributed by atoms with Crippen molar-refractivity contribution in [3.63, 3.8) is 0 Å². The molecule has 0 heterocycles. The average molecular weight is 471 g/mol. The lowest BCUT2D eigenvalue weighted by molar-refractivity contribution is -0.385. The number of methoxy groups -OCH3 is 2. The molecule has 0 unspecified atom stereocenters. The van der Waals surface area contributed by atoms with E-state index in [1.807, 2.05) is 0 Å². The molecular weight excluding hydrogens is 452 g/mol. The van der Waals surface area contributed by atoms with Crippen LogP contribution in [0.15, 0.2) is 46.4 Å². The molecule has 166 valence electrons. The number of halogens is 1. The van der Waals surface area contributed by atoms with Crippen LogP contribution in [0.1, 0.15) is 5.56 Å². The Balaban J connectivity index is 2.04. The molecule has 11 nitrogen and oxygen atoms in total. The predicted octanol–water partition coefficient (Wildman–Crippen LogP) is 2.04. The molecular formula is C18H19ClN4O7S. The number of nitrogens with zero attached hydrogens (tertiary/aromatic N) is 3. The van der Waals surface area contributed by atoms with E-state index in [4.69, 9.17) is 21.1 Å². The van der Waals surface area contributed by atoms with Crippen molar-refractivity contribution in [2.24, 2.45) is 5.10 Å². The van der Waals surface area contributed by atoms with Crippen molar-refractivity contribution >= 4 is 39.4 Å². The first-order chi connectivity index (χ1) is 14.6. The van der Waals surface area contributed by atoms with Crippen LogP contribution in [-0.2, 0) is 14.8 Å². The molecule has 13 heteroatoms. The van der Waals surface area contributed by atoms with Gasteiger partial charge >= 0.3 is 5.69 Å². The van der Waals surface area contributed by atoms with Crippen LogP contribution in [0, 0.1) is 10.1 Å². The number of rotatable bonds is 9. The van der Waals surface area contributed by atoms with Gasteiger partial charge in [-0.2, -0.15) is 9.41 Å². The van der Waals surface area contributed by atoms with Gasteiger partial charge in [-0.1, -0.05) is 11.6 Å². The Morgan fingerprint density at radius 2 is 1.87 bits per heavy atom.